The summed E-state index contributed by atoms with van der Waals surface area (Å²) in [5.41, 5.74) is 0.908. The summed E-state index contributed by atoms with van der Waals surface area (Å²) in [7, 11) is 0. The molecule has 0 heterocycles. The van der Waals surface area contributed by atoms with Gasteiger partial charge in [-0.1, -0.05) is 18.2 Å². The lowest BCUT2D eigenvalue weighted by atomic mass is 10.1. The number of non-ortho nitro benzene ring substituents is 1. The molecule has 0 radical (unpaired) electrons. The van der Waals surface area contributed by atoms with Crippen molar-refractivity contribution in [1.29, 1.82) is 0 Å². The van der Waals surface area contributed by atoms with Gasteiger partial charge in [0.2, 0.25) is 0 Å². The first-order valence-corrected chi connectivity index (χ1v) is 5.74. The highest BCUT2D eigenvalue weighted by molar-refractivity contribution is 5.76. The summed E-state index contributed by atoms with van der Waals surface area (Å²) in [5.74, 6) is 0. The first-order chi connectivity index (χ1) is 9.58. The Kier molecular flexibility index (Phi) is 3.85. The van der Waals surface area contributed by atoms with E-state index in [2.05, 4.69) is 0 Å². The number of nitro groups is 2. The van der Waals surface area contributed by atoms with Gasteiger partial charge in [0.15, 0.2) is 0 Å². The first kappa shape index (κ1) is 13.4. The van der Waals surface area contributed by atoms with Crippen LogP contribution >= 0.6 is 0 Å². The van der Waals surface area contributed by atoms with Gasteiger partial charge in [0.05, 0.1) is 15.4 Å². The van der Waals surface area contributed by atoms with Gasteiger partial charge in [0, 0.05) is 18.2 Å². The molecule has 0 saturated heterocycles. The normalized spacial score (nSPS) is 11.1. The molecule has 0 fully saturated rings. The highest BCUT2D eigenvalue weighted by Gasteiger charge is 2.13. The van der Waals surface area contributed by atoms with E-state index in [1.165, 1.54) is 30.3 Å². The molecule has 0 bridgehead atoms. The topological polar surface area (TPSA) is 86.3 Å². The average molecular weight is 270 g/mol. The Bertz CT molecular complexity index is 663. The molecule has 0 spiro atoms. The van der Waals surface area contributed by atoms with Crippen LogP contribution < -0.4 is 0 Å². The molecule has 2 aromatic carbocycles. The molecule has 0 aliphatic heterocycles. The second kappa shape index (κ2) is 5.75. The van der Waals surface area contributed by atoms with Crippen molar-refractivity contribution < 1.29 is 9.85 Å². The third-order valence-electron chi connectivity index (χ3n) is 2.67. The van der Waals surface area contributed by atoms with Gasteiger partial charge < -0.3 is 0 Å². The van der Waals surface area contributed by atoms with Crippen LogP contribution in [0.2, 0.25) is 0 Å². The van der Waals surface area contributed by atoms with E-state index < -0.39 is 9.85 Å². The molecule has 0 saturated carbocycles. The molecule has 0 atom stereocenters. The molecule has 6 heteroatoms. The van der Waals surface area contributed by atoms with Gasteiger partial charge in [-0.05, 0) is 29.8 Å². The van der Waals surface area contributed by atoms with Gasteiger partial charge >= 0.3 is 0 Å². The van der Waals surface area contributed by atoms with E-state index in [4.69, 9.17) is 0 Å². The number of hydrogen-bond donors (Lipinski definition) is 0. The van der Waals surface area contributed by atoms with Crippen molar-refractivity contribution in [3.8, 4) is 0 Å². The minimum Gasteiger partial charge on any atom is -0.258 e. The Morgan fingerprint density at radius 3 is 2.00 bits per heavy atom. The van der Waals surface area contributed by atoms with Gasteiger partial charge in [-0.2, -0.15) is 0 Å². The fraction of sp³-hybridized carbons (Fsp3) is 0. The number of hydrogen-bond acceptors (Lipinski definition) is 4. The summed E-state index contributed by atoms with van der Waals surface area (Å²) in [6.45, 7) is 0. The Hall–Kier alpha value is -3.02. The minimum atomic E-state index is -0.515. The summed E-state index contributed by atoms with van der Waals surface area (Å²) in [5, 5.41) is 21.7. The predicted molar refractivity (Wildman–Crippen MR) is 74.4 cm³/mol. The summed E-state index contributed by atoms with van der Waals surface area (Å²) in [6, 6.07) is 14.1. The van der Waals surface area contributed by atoms with Gasteiger partial charge in [-0.3, -0.25) is 20.2 Å². The van der Waals surface area contributed by atoms with Crippen molar-refractivity contribution >= 4 is 17.5 Å². The lowest BCUT2D eigenvalue weighted by Crippen LogP contribution is -1.97. The molecule has 0 aliphatic carbocycles. The fourth-order valence-corrected chi connectivity index (χ4v) is 1.70. The van der Waals surface area contributed by atoms with E-state index >= 15 is 0 Å². The van der Waals surface area contributed by atoms with Crippen molar-refractivity contribution in [2.75, 3.05) is 0 Å². The zero-order valence-corrected chi connectivity index (χ0v) is 10.3. The van der Waals surface area contributed by atoms with Gasteiger partial charge in [0.1, 0.15) is 0 Å². The largest absolute Gasteiger partial charge is 0.277 e. The smallest absolute Gasteiger partial charge is 0.258 e. The van der Waals surface area contributed by atoms with Crippen molar-refractivity contribution in [2.45, 2.75) is 0 Å². The molecule has 0 amide bonds. The van der Waals surface area contributed by atoms with Crippen LogP contribution in [-0.2, 0) is 0 Å². The van der Waals surface area contributed by atoms with Crippen LogP contribution in [0.4, 0.5) is 5.69 Å². The van der Waals surface area contributed by atoms with E-state index in [1.54, 1.807) is 30.3 Å². The van der Waals surface area contributed by atoms with Crippen molar-refractivity contribution in [3.63, 3.8) is 0 Å². The fourth-order valence-electron chi connectivity index (χ4n) is 1.70. The standard InChI is InChI=1S/C14H10N2O4/c17-15(18)13-8-6-11(7-9-13)10-14(16(19)20)12-4-2-1-3-5-12/h1-10H. The van der Waals surface area contributed by atoms with Crippen LogP contribution in [-0.4, -0.2) is 9.85 Å². The Labute approximate surface area is 114 Å². The van der Waals surface area contributed by atoms with Gasteiger partial charge in [0.25, 0.3) is 11.4 Å². The molecule has 100 valence electrons. The van der Waals surface area contributed by atoms with Crippen LogP contribution in [0.5, 0.6) is 0 Å². The third kappa shape index (κ3) is 3.05. The number of nitrogens with zero attached hydrogens (tertiary/aromatic N) is 2. The van der Waals surface area contributed by atoms with E-state index in [0.29, 0.717) is 11.1 Å². The van der Waals surface area contributed by atoms with Crippen molar-refractivity contribution in [2.24, 2.45) is 0 Å². The van der Waals surface area contributed by atoms with E-state index in [9.17, 15) is 20.2 Å². The second-order valence-corrected chi connectivity index (χ2v) is 4.00. The second-order valence-electron chi connectivity index (χ2n) is 4.00. The van der Waals surface area contributed by atoms with Crippen LogP contribution in [0.3, 0.4) is 0 Å². The molecule has 2 aromatic rings. The molecule has 0 aromatic heterocycles. The highest BCUT2D eigenvalue weighted by Crippen LogP contribution is 2.20. The molecule has 6 nitrogen and oxygen atoms in total. The maximum absolute atomic E-state index is 11.1. The van der Waals surface area contributed by atoms with Crippen LogP contribution in [0, 0.1) is 20.2 Å². The molecule has 0 unspecified atom stereocenters. The zero-order chi connectivity index (χ0) is 14.5. The quantitative estimate of drug-likeness (QED) is 0.484. The van der Waals surface area contributed by atoms with Crippen LogP contribution in [0.25, 0.3) is 11.8 Å². The van der Waals surface area contributed by atoms with Crippen LogP contribution in [0.1, 0.15) is 11.1 Å². The minimum absolute atomic E-state index is 0.0514. The van der Waals surface area contributed by atoms with Crippen molar-refractivity contribution in [1.82, 2.24) is 0 Å². The lowest BCUT2D eigenvalue weighted by molar-refractivity contribution is -0.384. The molecule has 20 heavy (non-hydrogen) atoms. The number of benzene rings is 2. The molecule has 0 aliphatic rings. The zero-order valence-electron chi connectivity index (χ0n) is 10.3. The number of rotatable bonds is 4. The van der Waals surface area contributed by atoms with Gasteiger partial charge in [-0.25, -0.2) is 0 Å². The van der Waals surface area contributed by atoms with E-state index in [-0.39, 0.29) is 11.4 Å². The third-order valence-corrected chi connectivity index (χ3v) is 2.67. The number of nitro benzene ring substituents is 1. The predicted octanol–water partition coefficient (Wildman–Crippen LogP) is 3.37. The van der Waals surface area contributed by atoms with Crippen molar-refractivity contribution in [3.05, 3.63) is 86.0 Å². The Balaban J connectivity index is 2.39. The Morgan fingerprint density at radius 1 is 0.900 bits per heavy atom. The van der Waals surface area contributed by atoms with E-state index in [1.807, 2.05) is 0 Å². The summed E-state index contributed by atoms with van der Waals surface area (Å²) < 4.78 is 0. The summed E-state index contributed by atoms with van der Waals surface area (Å²) >= 11 is 0. The average Bonchev–Trinajstić information content (AvgIpc) is 2.46. The molecule has 0 N–H and O–H groups in total. The Morgan fingerprint density at radius 2 is 1.50 bits per heavy atom. The van der Waals surface area contributed by atoms with E-state index in [0.717, 1.165) is 0 Å². The monoisotopic (exact) mass is 270 g/mol. The summed E-state index contributed by atoms with van der Waals surface area (Å²) in [6.07, 6.45) is 1.39. The molecule has 2 rings (SSSR count). The lowest BCUT2D eigenvalue weighted by Gasteiger charge is -1.99. The highest BCUT2D eigenvalue weighted by atomic mass is 16.6. The molecular formula is C14H10N2O4. The summed E-state index contributed by atoms with van der Waals surface area (Å²) in [4.78, 5) is 20.7. The SMILES string of the molecule is O=[N+]([O-])C(=Cc1ccc([N+](=O)[O-])cc1)c1ccccc1. The van der Waals surface area contributed by atoms with Crippen LogP contribution in [0.15, 0.2) is 54.6 Å². The first-order valence-electron chi connectivity index (χ1n) is 5.74. The van der Waals surface area contributed by atoms with Gasteiger partial charge in [-0.15, -0.1) is 0 Å². The maximum atomic E-state index is 11.1. The maximum Gasteiger partial charge on any atom is 0.277 e. The molecular weight excluding hydrogens is 260 g/mol.